The molecular formula is C2H5F3P+. The molecule has 0 aromatic rings. The van der Waals surface area contributed by atoms with Crippen LogP contribution in [0.5, 0.6) is 0 Å². The summed E-state index contributed by atoms with van der Waals surface area (Å²) in [6.07, 6.45) is -0.618. The zero-order chi connectivity index (χ0) is 5.21. The summed E-state index contributed by atoms with van der Waals surface area (Å²) >= 11 is 0. The molecule has 0 rings (SSSR count). The molecule has 0 saturated heterocycles. The second-order valence-electron chi connectivity index (χ2n) is 0.866. The Morgan fingerprint density at radius 1 is 1.33 bits per heavy atom. The lowest BCUT2D eigenvalue weighted by Gasteiger charge is -1.80. The maximum absolute atomic E-state index is 10.9. The molecule has 0 saturated carbocycles. The third-order valence-electron chi connectivity index (χ3n) is 0.359. The van der Waals surface area contributed by atoms with Gasteiger partial charge in [-0.3, -0.25) is 0 Å². The van der Waals surface area contributed by atoms with Gasteiger partial charge in [-0.15, -0.1) is 0 Å². The third kappa shape index (κ3) is 4.22. The van der Waals surface area contributed by atoms with Crippen molar-refractivity contribution in [1.82, 2.24) is 0 Å². The molecule has 0 nitrogen and oxygen atoms in total. The number of hydrogen-bond acceptors (Lipinski definition) is 0. The van der Waals surface area contributed by atoms with Crippen molar-refractivity contribution in [2.45, 2.75) is 6.92 Å². The monoisotopic (exact) mass is 117 g/mol. The molecular weight excluding hydrogens is 112 g/mol. The van der Waals surface area contributed by atoms with Crippen LogP contribution in [0.3, 0.4) is 0 Å². The first kappa shape index (κ1) is 6.22. The highest BCUT2D eigenvalue weighted by molar-refractivity contribution is 7.60. The van der Waals surface area contributed by atoms with E-state index < -0.39 is 14.4 Å². The van der Waals surface area contributed by atoms with Crippen molar-refractivity contribution in [3.63, 3.8) is 0 Å². The van der Waals surface area contributed by atoms with Crippen LogP contribution in [0.15, 0.2) is 0 Å². The van der Waals surface area contributed by atoms with E-state index in [1.807, 2.05) is 0 Å². The molecule has 38 valence electrons. The van der Waals surface area contributed by atoms with Gasteiger partial charge in [0.2, 0.25) is 0 Å². The first-order valence-corrected chi connectivity index (χ1v) is 3.18. The van der Waals surface area contributed by atoms with Gasteiger partial charge in [0.05, 0.1) is 0 Å². The summed E-state index contributed by atoms with van der Waals surface area (Å²) < 4.78 is 32.7. The predicted molar refractivity (Wildman–Crippen MR) is 20.8 cm³/mol. The molecule has 0 aliphatic heterocycles. The first-order chi connectivity index (χ1) is 2.56. The number of rotatable bonds is 1. The van der Waals surface area contributed by atoms with Crippen LogP contribution in [0.1, 0.15) is 6.92 Å². The third-order valence-corrected chi connectivity index (χ3v) is 1.08. The fourth-order valence-corrected chi connectivity index (χ4v) is 0. The van der Waals surface area contributed by atoms with Crippen LogP contribution >= 0.6 is 8.19 Å². The van der Waals surface area contributed by atoms with Gasteiger partial charge in [0.15, 0.2) is 6.16 Å². The average molecular weight is 117 g/mol. The summed E-state index contributed by atoms with van der Waals surface area (Å²) in [6, 6.07) is 0. The molecule has 0 aromatic heterocycles. The average Bonchev–Trinajstić information content (AvgIpc) is 1.35. The van der Waals surface area contributed by atoms with Gasteiger partial charge >= 0.3 is 8.19 Å². The van der Waals surface area contributed by atoms with Crippen molar-refractivity contribution >= 4 is 8.19 Å². The van der Waals surface area contributed by atoms with Crippen molar-refractivity contribution in [2.75, 3.05) is 6.16 Å². The Hall–Kier alpha value is 0.220. The lowest BCUT2D eigenvalue weighted by molar-refractivity contribution is 0.586. The summed E-state index contributed by atoms with van der Waals surface area (Å²) in [7, 11) is -4.90. The summed E-state index contributed by atoms with van der Waals surface area (Å²) in [6.45, 7) is 1.13. The topological polar surface area (TPSA) is 0 Å². The summed E-state index contributed by atoms with van der Waals surface area (Å²) in [4.78, 5) is 0. The van der Waals surface area contributed by atoms with E-state index in [9.17, 15) is 12.6 Å². The Kier molecular flexibility index (Phi) is 1.85. The maximum atomic E-state index is 10.9. The molecule has 0 bridgehead atoms. The number of halogens is 3. The lowest BCUT2D eigenvalue weighted by Crippen LogP contribution is -1.67. The van der Waals surface area contributed by atoms with E-state index in [1.165, 1.54) is 0 Å². The second-order valence-corrected chi connectivity index (χ2v) is 2.60. The summed E-state index contributed by atoms with van der Waals surface area (Å²) in [5.41, 5.74) is 0. The normalized spacial score (nSPS) is 12.0. The zero-order valence-electron chi connectivity index (χ0n) is 3.29. The quantitative estimate of drug-likeness (QED) is 0.463. The smallest absolute Gasteiger partial charge is 0.0222 e. The molecule has 4 heteroatoms. The van der Waals surface area contributed by atoms with Crippen molar-refractivity contribution in [3.8, 4) is 0 Å². The molecule has 0 spiro atoms. The van der Waals surface area contributed by atoms with E-state index in [4.69, 9.17) is 0 Å². The molecule has 0 amide bonds. The molecule has 0 radical (unpaired) electrons. The van der Waals surface area contributed by atoms with Crippen LogP contribution in [0, 0.1) is 0 Å². The number of hydrogen-bond donors (Lipinski definition) is 0. The Balaban J connectivity index is 3.17. The van der Waals surface area contributed by atoms with Gasteiger partial charge in [0.25, 0.3) is 0 Å². The molecule has 0 atom stereocenters. The minimum atomic E-state index is -4.90. The van der Waals surface area contributed by atoms with E-state index in [2.05, 4.69) is 0 Å². The van der Waals surface area contributed by atoms with Crippen LogP contribution in [0.25, 0.3) is 0 Å². The summed E-state index contributed by atoms with van der Waals surface area (Å²) in [5.74, 6) is 0. The SMILES string of the molecule is CC[P+](F)(F)F. The fraction of sp³-hybridized carbons (Fsp3) is 1.00. The van der Waals surface area contributed by atoms with Gasteiger partial charge < -0.3 is 0 Å². The van der Waals surface area contributed by atoms with Gasteiger partial charge in [-0.05, 0) is 6.92 Å². The van der Waals surface area contributed by atoms with Crippen molar-refractivity contribution in [3.05, 3.63) is 0 Å². The van der Waals surface area contributed by atoms with Crippen LogP contribution < -0.4 is 0 Å². The van der Waals surface area contributed by atoms with Gasteiger partial charge in [0.1, 0.15) is 0 Å². The maximum Gasteiger partial charge on any atom is 0.569 e. The molecule has 6 heavy (non-hydrogen) atoms. The van der Waals surface area contributed by atoms with Crippen LogP contribution in [-0.4, -0.2) is 6.16 Å². The van der Waals surface area contributed by atoms with Crippen molar-refractivity contribution in [2.24, 2.45) is 0 Å². The van der Waals surface area contributed by atoms with Gasteiger partial charge in [-0.25, -0.2) is 0 Å². The second kappa shape index (κ2) is 1.78. The van der Waals surface area contributed by atoms with Crippen LogP contribution in [0.2, 0.25) is 0 Å². The van der Waals surface area contributed by atoms with Crippen LogP contribution in [0.4, 0.5) is 12.6 Å². The highest BCUT2D eigenvalue weighted by Gasteiger charge is 2.39. The molecule has 0 aliphatic carbocycles. The molecule has 0 N–H and O–H groups in total. The van der Waals surface area contributed by atoms with Crippen molar-refractivity contribution in [1.29, 1.82) is 0 Å². The minimum Gasteiger partial charge on any atom is -0.0222 e. The lowest BCUT2D eigenvalue weighted by atomic mass is 11.0. The first-order valence-electron chi connectivity index (χ1n) is 1.53. The molecule has 0 fully saturated rings. The Morgan fingerprint density at radius 3 is 1.50 bits per heavy atom. The van der Waals surface area contributed by atoms with Gasteiger partial charge in [-0.1, -0.05) is 0 Å². The van der Waals surface area contributed by atoms with E-state index in [0.717, 1.165) is 6.92 Å². The predicted octanol–water partition coefficient (Wildman–Crippen LogP) is 2.68. The molecule has 0 aliphatic rings. The Morgan fingerprint density at radius 2 is 1.50 bits per heavy atom. The molecule has 0 heterocycles. The van der Waals surface area contributed by atoms with E-state index in [-0.39, 0.29) is 0 Å². The van der Waals surface area contributed by atoms with Gasteiger partial charge in [-0.2, -0.15) is 0 Å². The van der Waals surface area contributed by atoms with E-state index >= 15 is 0 Å². The largest absolute Gasteiger partial charge is 0.569 e. The van der Waals surface area contributed by atoms with Crippen molar-refractivity contribution < 1.29 is 12.6 Å². The zero-order valence-corrected chi connectivity index (χ0v) is 4.18. The van der Waals surface area contributed by atoms with E-state index in [1.54, 1.807) is 0 Å². The Labute approximate surface area is 35.1 Å². The highest BCUT2D eigenvalue weighted by Crippen LogP contribution is 2.63. The van der Waals surface area contributed by atoms with Crippen LogP contribution in [-0.2, 0) is 0 Å². The minimum absolute atomic E-state index is 0.618. The fourth-order valence-electron chi connectivity index (χ4n) is 0. The highest BCUT2D eigenvalue weighted by atomic mass is 31.3. The molecule has 0 aromatic carbocycles. The molecule has 0 unspecified atom stereocenters. The Bertz CT molecular complexity index is 38.5. The van der Waals surface area contributed by atoms with Gasteiger partial charge in [0, 0.05) is 12.6 Å². The van der Waals surface area contributed by atoms with E-state index in [0.29, 0.717) is 0 Å². The standard InChI is InChI=1S/C2H5F3P/c1-2-6(3,4)5/h2H2,1H3/q+1. The summed E-state index contributed by atoms with van der Waals surface area (Å²) in [5, 5.41) is 0.